The summed E-state index contributed by atoms with van der Waals surface area (Å²) in [5, 5.41) is 10.9. The molecule has 0 fully saturated rings. The highest BCUT2D eigenvalue weighted by atomic mass is 35.5. The van der Waals surface area contributed by atoms with E-state index in [9.17, 15) is 9.18 Å². The lowest BCUT2D eigenvalue weighted by atomic mass is 10.1. The first-order valence-corrected chi connectivity index (χ1v) is 9.33. The lowest BCUT2D eigenvalue weighted by molar-refractivity contribution is -0.00179. The molecule has 0 spiro atoms. The first-order valence-electron chi connectivity index (χ1n) is 8.95. The molecule has 1 N–H and O–H groups in total. The number of halogens is 2. The van der Waals surface area contributed by atoms with Gasteiger partial charge in [0.1, 0.15) is 17.7 Å². The minimum atomic E-state index is -0.502. The van der Waals surface area contributed by atoms with Gasteiger partial charge in [0.2, 0.25) is 0 Å². The number of hydrogen-bond donors (Lipinski definition) is 1. The summed E-state index contributed by atoms with van der Waals surface area (Å²) in [6, 6.07) is 11.9. The molecule has 0 unspecified atom stereocenters. The maximum atomic E-state index is 13.2. The van der Waals surface area contributed by atoms with Crippen LogP contribution in [0.5, 0.6) is 5.75 Å². The number of rotatable bonds is 5. The number of carbonyl (C=O) groups excluding carboxylic acids is 1. The van der Waals surface area contributed by atoms with E-state index in [2.05, 4.69) is 15.6 Å². The van der Waals surface area contributed by atoms with E-state index in [0.29, 0.717) is 17.8 Å². The van der Waals surface area contributed by atoms with E-state index in [-0.39, 0.29) is 35.9 Å². The number of hydrogen-bond acceptors (Lipinski definition) is 5. The van der Waals surface area contributed by atoms with Crippen molar-refractivity contribution >= 4 is 17.5 Å². The summed E-state index contributed by atoms with van der Waals surface area (Å²) in [6.07, 6.45) is -0.188. The Balaban J connectivity index is 1.43. The van der Waals surface area contributed by atoms with Gasteiger partial charge in [0.05, 0.1) is 31.0 Å². The Morgan fingerprint density at radius 2 is 2.14 bits per heavy atom. The van der Waals surface area contributed by atoms with Crippen LogP contribution in [0.1, 0.15) is 33.4 Å². The Kier molecular flexibility index (Phi) is 5.46. The number of ether oxygens (including phenoxy) is 2. The average Bonchev–Trinajstić information content (AvgIpc) is 3.18. The monoisotopic (exact) mass is 416 g/mol. The number of aromatic nitrogens is 3. The predicted molar refractivity (Wildman–Crippen MR) is 103 cm³/mol. The molecule has 1 aliphatic heterocycles. The van der Waals surface area contributed by atoms with Gasteiger partial charge in [-0.05, 0) is 35.4 Å². The van der Waals surface area contributed by atoms with Gasteiger partial charge in [0, 0.05) is 6.54 Å². The predicted octanol–water partition coefficient (Wildman–Crippen LogP) is 3.28. The van der Waals surface area contributed by atoms with Gasteiger partial charge in [-0.3, -0.25) is 4.79 Å². The number of methoxy groups -OCH3 is 1. The van der Waals surface area contributed by atoms with E-state index in [1.807, 2.05) is 24.3 Å². The van der Waals surface area contributed by atoms with Crippen LogP contribution < -0.4 is 10.1 Å². The molecule has 0 bridgehead atoms. The molecule has 29 heavy (non-hydrogen) atoms. The van der Waals surface area contributed by atoms with Gasteiger partial charge in [0.25, 0.3) is 5.91 Å². The van der Waals surface area contributed by atoms with Crippen molar-refractivity contribution in [3.63, 3.8) is 0 Å². The van der Waals surface area contributed by atoms with Crippen molar-refractivity contribution in [3.8, 4) is 5.75 Å². The van der Waals surface area contributed by atoms with Crippen molar-refractivity contribution in [3.05, 3.63) is 75.8 Å². The number of amides is 1. The topological polar surface area (TPSA) is 78.3 Å². The van der Waals surface area contributed by atoms with Gasteiger partial charge in [-0.15, -0.1) is 5.10 Å². The van der Waals surface area contributed by atoms with Gasteiger partial charge >= 0.3 is 0 Å². The van der Waals surface area contributed by atoms with Crippen LogP contribution in [0.4, 0.5) is 4.39 Å². The molecule has 3 aromatic rings. The summed E-state index contributed by atoms with van der Waals surface area (Å²) in [6.45, 7) is 0.866. The second-order valence-corrected chi connectivity index (χ2v) is 6.98. The second-order valence-electron chi connectivity index (χ2n) is 6.57. The van der Waals surface area contributed by atoms with Crippen LogP contribution >= 0.6 is 11.6 Å². The van der Waals surface area contributed by atoms with Crippen molar-refractivity contribution < 1.29 is 18.7 Å². The molecular formula is C20H18ClFN4O3. The van der Waals surface area contributed by atoms with E-state index < -0.39 is 5.82 Å². The van der Waals surface area contributed by atoms with Crippen molar-refractivity contribution in [2.45, 2.75) is 25.8 Å². The van der Waals surface area contributed by atoms with E-state index >= 15 is 0 Å². The summed E-state index contributed by atoms with van der Waals surface area (Å²) in [7, 11) is 1.62. The quantitative estimate of drug-likeness (QED) is 0.690. The molecule has 9 heteroatoms. The van der Waals surface area contributed by atoms with Crippen LogP contribution in [0.2, 0.25) is 5.02 Å². The lowest BCUT2D eigenvalue weighted by Crippen LogP contribution is -2.27. The normalized spacial score (nSPS) is 15.6. The first-order chi connectivity index (χ1) is 14.0. The van der Waals surface area contributed by atoms with E-state index in [4.69, 9.17) is 21.1 Å². The summed E-state index contributed by atoms with van der Waals surface area (Å²) in [5.74, 6) is -0.108. The lowest BCUT2D eigenvalue weighted by Gasteiger charge is -2.24. The third-order valence-electron chi connectivity index (χ3n) is 4.74. The van der Waals surface area contributed by atoms with Crippen LogP contribution in [0.25, 0.3) is 0 Å². The summed E-state index contributed by atoms with van der Waals surface area (Å²) >= 11 is 5.77. The standard InChI is InChI=1S/C20H18ClFN4O3/c1-28-14-5-3-13(4-6-14)18-10-26-17(11-29-18)19(24-25-26)20(27)23-9-12-2-7-16(22)15(21)8-12/h2-8,18H,9-11H2,1H3,(H,23,27)/t18-/m1/s1. The van der Waals surface area contributed by atoms with Gasteiger partial charge in [-0.25, -0.2) is 9.07 Å². The Labute approximate surface area is 171 Å². The zero-order chi connectivity index (χ0) is 20.4. The maximum Gasteiger partial charge on any atom is 0.274 e. The van der Waals surface area contributed by atoms with Crippen LogP contribution in [0.15, 0.2) is 42.5 Å². The Morgan fingerprint density at radius 1 is 1.34 bits per heavy atom. The van der Waals surface area contributed by atoms with Crippen LogP contribution in [-0.4, -0.2) is 28.0 Å². The van der Waals surface area contributed by atoms with Crippen LogP contribution in [0.3, 0.4) is 0 Å². The highest BCUT2D eigenvalue weighted by Gasteiger charge is 2.27. The van der Waals surface area contributed by atoms with E-state index in [1.54, 1.807) is 17.9 Å². The minimum absolute atomic E-state index is 0.00996. The molecule has 1 atom stereocenters. The SMILES string of the molecule is COc1ccc([C@H]2Cn3nnc(C(=O)NCc4ccc(F)c(Cl)c4)c3CO2)cc1. The maximum absolute atomic E-state index is 13.2. The summed E-state index contributed by atoms with van der Waals surface area (Å²) in [5.41, 5.74) is 2.50. The molecule has 0 saturated heterocycles. The van der Waals surface area contributed by atoms with Crippen molar-refractivity contribution in [1.82, 2.24) is 20.3 Å². The molecule has 1 amide bonds. The molecule has 1 aliphatic rings. The Bertz CT molecular complexity index is 1040. The molecule has 7 nitrogen and oxygen atoms in total. The highest BCUT2D eigenvalue weighted by molar-refractivity contribution is 6.30. The zero-order valence-electron chi connectivity index (χ0n) is 15.6. The number of fused-ring (bicyclic) bond motifs is 1. The Morgan fingerprint density at radius 3 is 2.86 bits per heavy atom. The second kappa shape index (κ2) is 8.18. The van der Waals surface area contributed by atoms with Crippen molar-refractivity contribution in [2.75, 3.05) is 7.11 Å². The fourth-order valence-electron chi connectivity index (χ4n) is 3.12. The van der Waals surface area contributed by atoms with Gasteiger partial charge in [-0.1, -0.05) is 35.0 Å². The van der Waals surface area contributed by atoms with E-state index in [0.717, 1.165) is 11.3 Å². The number of nitrogens with one attached hydrogen (secondary N) is 1. The largest absolute Gasteiger partial charge is 0.497 e. The smallest absolute Gasteiger partial charge is 0.274 e. The van der Waals surface area contributed by atoms with Gasteiger partial charge in [0.15, 0.2) is 5.69 Å². The molecular weight excluding hydrogens is 399 g/mol. The molecule has 4 rings (SSSR count). The molecule has 0 aliphatic carbocycles. The zero-order valence-corrected chi connectivity index (χ0v) is 16.3. The van der Waals surface area contributed by atoms with E-state index in [1.165, 1.54) is 12.1 Å². The molecule has 2 heterocycles. The Hall–Kier alpha value is -2.97. The number of nitrogens with zero attached hydrogens (tertiary/aromatic N) is 3. The minimum Gasteiger partial charge on any atom is -0.497 e. The molecule has 0 saturated carbocycles. The molecule has 1 aromatic heterocycles. The molecule has 150 valence electrons. The van der Waals surface area contributed by atoms with Crippen molar-refractivity contribution in [1.29, 1.82) is 0 Å². The number of carbonyl (C=O) groups is 1. The third-order valence-corrected chi connectivity index (χ3v) is 5.03. The van der Waals surface area contributed by atoms with Crippen molar-refractivity contribution in [2.24, 2.45) is 0 Å². The van der Waals surface area contributed by atoms with Crippen LogP contribution in [0, 0.1) is 5.82 Å². The highest BCUT2D eigenvalue weighted by Crippen LogP contribution is 2.28. The molecule has 2 aromatic carbocycles. The fraction of sp³-hybridized carbons (Fsp3) is 0.250. The van der Waals surface area contributed by atoms with Crippen LogP contribution in [-0.2, 0) is 24.4 Å². The summed E-state index contributed by atoms with van der Waals surface area (Å²) in [4.78, 5) is 12.5. The number of benzene rings is 2. The first kappa shape index (κ1) is 19.4. The average molecular weight is 417 g/mol. The van der Waals surface area contributed by atoms with Gasteiger partial charge in [-0.2, -0.15) is 0 Å². The molecule has 0 radical (unpaired) electrons. The fourth-order valence-corrected chi connectivity index (χ4v) is 3.33. The van der Waals surface area contributed by atoms with Gasteiger partial charge < -0.3 is 14.8 Å². The third kappa shape index (κ3) is 4.08. The summed E-state index contributed by atoms with van der Waals surface area (Å²) < 4.78 is 26.0.